The molecule has 2 atom stereocenters. The van der Waals surface area contributed by atoms with Gasteiger partial charge in [0.1, 0.15) is 6.04 Å². The molecule has 4 aromatic rings. The van der Waals surface area contributed by atoms with Crippen molar-refractivity contribution in [2.75, 3.05) is 0 Å². The third-order valence-electron chi connectivity index (χ3n) is 7.25. The first kappa shape index (κ1) is 27.8. The number of hydrogen-bond donors (Lipinski definition) is 1. The van der Waals surface area contributed by atoms with Crippen LogP contribution in [0.2, 0.25) is 0 Å². The summed E-state index contributed by atoms with van der Waals surface area (Å²) in [6, 6.07) is 39.6. The monoisotopic (exact) mass is 518 g/mol. The molecule has 0 aliphatic heterocycles. The molecule has 4 heteroatoms. The van der Waals surface area contributed by atoms with Crippen LogP contribution < -0.4 is 5.32 Å². The molecule has 0 spiro atoms. The molecule has 0 fully saturated rings. The second-order valence-electron chi connectivity index (χ2n) is 10.1. The third-order valence-corrected chi connectivity index (χ3v) is 7.25. The van der Waals surface area contributed by atoms with Crippen LogP contribution in [0.5, 0.6) is 0 Å². The van der Waals surface area contributed by atoms with E-state index >= 15 is 0 Å². The van der Waals surface area contributed by atoms with Crippen LogP contribution in [0.4, 0.5) is 0 Å². The van der Waals surface area contributed by atoms with E-state index in [0.717, 1.165) is 28.7 Å². The average molecular weight is 519 g/mol. The zero-order valence-electron chi connectivity index (χ0n) is 22.9. The van der Waals surface area contributed by atoms with Crippen LogP contribution >= 0.6 is 0 Å². The van der Waals surface area contributed by atoms with Gasteiger partial charge in [-0.15, -0.1) is 0 Å². The molecule has 4 nitrogen and oxygen atoms in total. The number of carbonyl (C=O) groups excluding carboxylic acids is 2. The Labute approximate surface area is 232 Å². The van der Waals surface area contributed by atoms with Gasteiger partial charge in [0.25, 0.3) is 0 Å². The van der Waals surface area contributed by atoms with Gasteiger partial charge >= 0.3 is 0 Å². The van der Waals surface area contributed by atoms with E-state index in [4.69, 9.17) is 0 Å². The fourth-order valence-corrected chi connectivity index (χ4v) is 4.87. The zero-order chi connectivity index (χ0) is 27.5. The molecule has 4 rings (SSSR count). The topological polar surface area (TPSA) is 49.4 Å². The van der Waals surface area contributed by atoms with Gasteiger partial charge in [-0.3, -0.25) is 9.59 Å². The van der Waals surface area contributed by atoms with Crippen molar-refractivity contribution in [1.29, 1.82) is 0 Å². The van der Waals surface area contributed by atoms with Crippen molar-refractivity contribution in [1.82, 2.24) is 10.2 Å². The van der Waals surface area contributed by atoms with Crippen molar-refractivity contribution < 1.29 is 9.59 Å². The predicted octanol–water partition coefficient (Wildman–Crippen LogP) is 6.76. The van der Waals surface area contributed by atoms with E-state index in [1.54, 1.807) is 4.90 Å². The van der Waals surface area contributed by atoms with Crippen LogP contribution in [-0.2, 0) is 22.6 Å². The number of amides is 2. The summed E-state index contributed by atoms with van der Waals surface area (Å²) < 4.78 is 0. The number of carbonyl (C=O) groups is 2. The minimum atomic E-state index is -0.638. The van der Waals surface area contributed by atoms with Crippen LogP contribution in [0, 0.1) is 0 Å². The van der Waals surface area contributed by atoms with Gasteiger partial charge in [-0.2, -0.15) is 0 Å². The summed E-state index contributed by atoms with van der Waals surface area (Å²) in [7, 11) is 0. The second kappa shape index (κ2) is 14.1. The van der Waals surface area contributed by atoms with Crippen molar-refractivity contribution in [3.05, 3.63) is 144 Å². The van der Waals surface area contributed by atoms with E-state index in [2.05, 4.69) is 29.6 Å². The highest BCUT2D eigenvalue weighted by atomic mass is 16.2. The minimum absolute atomic E-state index is 0.0193. The Balaban J connectivity index is 1.72. The lowest BCUT2D eigenvalue weighted by Gasteiger charge is -2.33. The number of nitrogens with one attached hydrogen (secondary N) is 1. The lowest BCUT2D eigenvalue weighted by Crippen LogP contribution is -2.52. The van der Waals surface area contributed by atoms with Gasteiger partial charge in [-0.25, -0.2) is 0 Å². The molecule has 39 heavy (non-hydrogen) atoms. The molecule has 0 heterocycles. The predicted molar refractivity (Wildman–Crippen MR) is 158 cm³/mol. The summed E-state index contributed by atoms with van der Waals surface area (Å²) in [5.41, 5.74) is 4.19. The first-order valence-corrected chi connectivity index (χ1v) is 13.8. The van der Waals surface area contributed by atoms with E-state index in [0.29, 0.717) is 13.0 Å². The number of nitrogens with zero attached hydrogens (tertiary/aromatic N) is 1. The number of benzene rings is 4. The summed E-state index contributed by atoms with van der Waals surface area (Å²) in [6.45, 7) is 4.41. The maximum Gasteiger partial charge on any atom is 0.243 e. The highest BCUT2D eigenvalue weighted by Gasteiger charge is 2.32. The van der Waals surface area contributed by atoms with Crippen molar-refractivity contribution in [2.45, 2.75) is 57.7 Å². The van der Waals surface area contributed by atoms with E-state index in [1.165, 1.54) is 0 Å². The number of hydrogen-bond acceptors (Lipinski definition) is 2. The fraction of sp³-hybridized carbons (Fsp3) is 0.257. The summed E-state index contributed by atoms with van der Waals surface area (Å²) in [5, 5.41) is 3.15. The quantitative estimate of drug-likeness (QED) is 0.225. The number of rotatable bonds is 12. The minimum Gasteiger partial charge on any atom is -0.352 e. The maximum atomic E-state index is 14.3. The van der Waals surface area contributed by atoms with Crippen LogP contribution in [0.3, 0.4) is 0 Å². The Hall–Kier alpha value is -4.18. The van der Waals surface area contributed by atoms with E-state index < -0.39 is 6.04 Å². The Morgan fingerprint density at radius 3 is 1.64 bits per heavy atom. The van der Waals surface area contributed by atoms with Gasteiger partial charge in [-0.05, 0) is 35.6 Å². The van der Waals surface area contributed by atoms with E-state index in [9.17, 15) is 9.59 Å². The molecule has 0 aromatic heterocycles. The van der Waals surface area contributed by atoms with Crippen LogP contribution in [0.15, 0.2) is 121 Å². The highest BCUT2D eigenvalue weighted by Crippen LogP contribution is 2.30. The van der Waals surface area contributed by atoms with Crippen LogP contribution in [0.1, 0.15) is 54.9 Å². The summed E-state index contributed by atoms with van der Waals surface area (Å²) in [6.07, 6.45) is 1.53. The van der Waals surface area contributed by atoms with Crippen molar-refractivity contribution >= 4 is 11.8 Å². The first-order valence-electron chi connectivity index (χ1n) is 13.8. The normalized spacial score (nSPS) is 12.5. The molecular formula is C35H38N2O2. The van der Waals surface area contributed by atoms with Gasteiger partial charge in [0.15, 0.2) is 0 Å². The Morgan fingerprint density at radius 1 is 0.692 bits per heavy atom. The first-order chi connectivity index (χ1) is 19.0. The standard InChI is InChI=1S/C35H38N2O2/c1-3-27(2)36-35(39)33(24-28-16-8-4-9-17-28)37(26-29-18-10-5-11-19-29)34(38)25-32(30-20-12-6-13-21-30)31-22-14-7-15-23-31/h4-23,27,32-33H,3,24-26H2,1-2H3,(H,36,39)/t27-,33+/m0/s1. The largest absolute Gasteiger partial charge is 0.352 e. The van der Waals surface area contributed by atoms with Gasteiger partial charge in [0.2, 0.25) is 11.8 Å². The van der Waals surface area contributed by atoms with Gasteiger partial charge in [0.05, 0.1) is 0 Å². The smallest absolute Gasteiger partial charge is 0.243 e. The zero-order valence-corrected chi connectivity index (χ0v) is 22.9. The van der Waals surface area contributed by atoms with Crippen molar-refractivity contribution in [3.8, 4) is 0 Å². The molecule has 0 radical (unpaired) electrons. The lowest BCUT2D eigenvalue weighted by atomic mass is 9.87. The molecular weight excluding hydrogens is 480 g/mol. The molecule has 4 aromatic carbocycles. The van der Waals surface area contributed by atoms with E-state index in [1.807, 2.05) is 111 Å². The van der Waals surface area contributed by atoms with Crippen molar-refractivity contribution in [3.63, 3.8) is 0 Å². The molecule has 0 saturated carbocycles. The summed E-state index contributed by atoms with van der Waals surface area (Å²) in [5.74, 6) is -0.279. The van der Waals surface area contributed by atoms with Gasteiger partial charge in [0, 0.05) is 31.3 Å². The van der Waals surface area contributed by atoms with Crippen LogP contribution in [-0.4, -0.2) is 28.8 Å². The lowest BCUT2D eigenvalue weighted by molar-refractivity contribution is -0.141. The molecule has 2 amide bonds. The molecule has 1 N–H and O–H groups in total. The fourth-order valence-electron chi connectivity index (χ4n) is 4.87. The van der Waals surface area contributed by atoms with Gasteiger partial charge < -0.3 is 10.2 Å². The molecule has 0 aliphatic rings. The SMILES string of the molecule is CC[C@H](C)NC(=O)[C@@H](Cc1ccccc1)N(Cc1ccccc1)C(=O)CC(c1ccccc1)c1ccccc1. The van der Waals surface area contributed by atoms with Crippen LogP contribution in [0.25, 0.3) is 0 Å². The average Bonchev–Trinajstić information content (AvgIpc) is 2.99. The second-order valence-corrected chi connectivity index (χ2v) is 10.1. The molecule has 0 unspecified atom stereocenters. The summed E-state index contributed by atoms with van der Waals surface area (Å²) >= 11 is 0. The maximum absolute atomic E-state index is 14.3. The molecule has 200 valence electrons. The summed E-state index contributed by atoms with van der Waals surface area (Å²) in [4.78, 5) is 29.9. The van der Waals surface area contributed by atoms with E-state index in [-0.39, 0.29) is 30.2 Å². The Morgan fingerprint density at radius 2 is 1.15 bits per heavy atom. The molecule has 0 aliphatic carbocycles. The Bertz CT molecular complexity index is 1250. The molecule has 0 bridgehead atoms. The molecule has 0 saturated heterocycles. The third kappa shape index (κ3) is 7.90. The highest BCUT2D eigenvalue weighted by molar-refractivity contribution is 5.88. The van der Waals surface area contributed by atoms with Gasteiger partial charge in [-0.1, -0.05) is 128 Å². The van der Waals surface area contributed by atoms with Crippen molar-refractivity contribution in [2.24, 2.45) is 0 Å². The Kier molecular flexibility index (Phi) is 10.1.